The molecule has 0 aromatic carbocycles. The third kappa shape index (κ3) is 2.08. The molecule has 1 saturated heterocycles. The zero-order valence-electron chi connectivity index (χ0n) is 9.65. The fourth-order valence-corrected chi connectivity index (χ4v) is 1.84. The number of ether oxygens (including phenoxy) is 1. The number of aliphatic hydroxyl groups excluding tert-OH is 2. The van der Waals surface area contributed by atoms with Gasteiger partial charge in [-0.05, 0) is 6.42 Å². The zero-order valence-corrected chi connectivity index (χ0v) is 9.65. The Balaban J connectivity index is 2.19. The summed E-state index contributed by atoms with van der Waals surface area (Å²) >= 11 is 0. The maximum atomic E-state index is 11.0. The van der Waals surface area contributed by atoms with Crippen LogP contribution in [0.5, 0.6) is 0 Å². The third-order valence-electron chi connectivity index (χ3n) is 2.82. The Bertz CT molecular complexity index is 419. The van der Waals surface area contributed by atoms with Crippen molar-refractivity contribution in [3.63, 3.8) is 0 Å². The summed E-state index contributed by atoms with van der Waals surface area (Å²) in [5.41, 5.74) is 0. The minimum atomic E-state index is -1.07. The van der Waals surface area contributed by atoms with Crippen LogP contribution >= 0.6 is 0 Å². The number of hydrogen-bond acceptors (Lipinski definition) is 6. The van der Waals surface area contributed by atoms with Crippen LogP contribution in [0, 0.1) is 0 Å². The van der Waals surface area contributed by atoms with E-state index in [4.69, 9.17) is 4.74 Å². The second kappa shape index (κ2) is 4.52. The fourth-order valence-electron chi connectivity index (χ4n) is 1.84. The maximum absolute atomic E-state index is 11.0. The van der Waals surface area contributed by atoms with Gasteiger partial charge in [0, 0.05) is 6.92 Å². The predicted octanol–water partition coefficient (Wildman–Crippen LogP) is -0.490. The number of aromatic nitrogens is 3. The summed E-state index contributed by atoms with van der Waals surface area (Å²) in [5.74, 6) is -0.195. The van der Waals surface area contributed by atoms with Gasteiger partial charge in [0.2, 0.25) is 5.82 Å². The van der Waals surface area contributed by atoms with Crippen molar-refractivity contribution < 1.29 is 19.7 Å². The summed E-state index contributed by atoms with van der Waals surface area (Å²) in [6.45, 7) is 3.21. The van der Waals surface area contributed by atoms with Crippen LogP contribution in [0.1, 0.15) is 37.1 Å². The summed E-state index contributed by atoms with van der Waals surface area (Å²) in [6.07, 6.45) is -1.34. The van der Waals surface area contributed by atoms with Crippen molar-refractivity contribution in [3.05, 3.63) is 12.2 Å². The Hall–Kier alpha value is -1.31. The second-order valence-corrected chi connectivity index (χ2v) is 4.06. The normalized spacial score (nSPS) is 32.9. The van der Waals surface area contributed by atoms with Gasteiger partial charge in [-0.25, -0.2) is 9.67 Å². The van der Waals surface area contributed by atoms with Crippen molar-refractivity contribution in [3.8, 4) is 0 Å². The van der Waals surface area contributed by atoms with E-state index >= 15 is 0 Å². The van der Waals surface area contributed by atoms with Crippen LogP contribution in [0.3, 0.4) is 0 Å². The topological polar surface area (TPSA) is 97.5 Å². The van der Waals surface area contributed by atoms with Gasteiger partial charge >= 0.3 is 0 Å². The lowest BCUT2D eigenvalue weighted by Gasteiger charge is -2.13. The number of carbonyl (C=O) groups is 1. The molecule has 0 radical (unpaired) electrons. The number of hydrogen-bond donors (Lipinski definition) is 2. The minimum absolute atomic E-state index is 0.0650. The molecule has 4 atom stereocenters. The average molecular weight is 241 g/mol. The lowest BCUT2D eigenvalue weighted by Crippen LogP contribution is -2.31. The molecular formula is C10H15N3O4. The quantitative estimate of drug-likeness (QED) is 0.693. The first-order valence-electron chi connectivity index (χ1n) is 5.48. The Morgan fingerprint density at radius 1 is 1.53 bits per heavy atom. The van der Waals surface area contributed by atoms with Gasteiger partial charge in [-0.2, -0.15) is 0 Å². The average Bonchev–Trinajstić information content (AvgIpc) is 2.87. The predicted molar refractivity (Wildman–Crippen MR) is 56.2 cm³/mol. The molecule has 0 bridgehead atoms. The summed E-state index contributed by atoms with van der Waals surface area (Å²) < 4.78 is 6.73. The molecule has 7 nitrogen and oxygen atoms in total. The van der Waals surface area contributed by atoms with Crippen LogP contribution in [0.2, 0.25) is 0 Å². The smallest absolute Gasteiger partial charge is 0.217 e. The van der Waals surface area contributed by atoms with Crippen LogP contribution in [0.25, 0.3) is 0 Å². The number of ketones is 1. The molecular weight excluding hydrogens is 226 g/mol. The first kappa shape index (κ1) is 12.2. The van der Waals surface area contributed by atoms with E-state index in [-0.39, 0.29) is 11.6 Å². The van der Waals surface area contributed by atoms with E-state index < -0.39 is 24.5 Å². The molecule has 2 heterocycles. The molecule has 1 aliphatic rings. The molecule has 7 heteroatoms. The van der Waals surface area contributed by atoms with Crippen molar-refractivity contribution in [1.29, 1.82) is 0 Å². The molecule has 0 saturated carbocycles. The van der Waals surface area contributed by atoms with Crippen LogP contribution < -0.4 is 0 Å². The molecule has 1 aliphatic heterocycles. The van der Waals surface area contributed by atoms with E-state index in [0.717, 1.165) is 0 Å². The van der Waals surface area contributed by atoms with E-state index in [1.165, 1.54) is 17.9 Å². The molecule has 2 N–H and O–H groups in total. The Morgan fingerprint density at radius 3 is 2.71 bits per heavy atom. The van der Waals surface area contributed by atoms with Crippen molar-refractivity contribution in [2.45, 2.75) is 44.8 Å². The van der Waals surface area contributed by atoms with Gasteiger partial charge in [0.25, 0.3) is 0 Å². The number of Topliss-reactive ketones (excluding diaryl/α,β-unsaturated/α-hetero) is 1. The Labute approximate surface area is 98.0 Å². The molecule has 0 spiro atoms. The van der Waals surface area contributed by atoms with Crippen LogP contribution in [-0.4, -0.2) is 49.1 Å². The summed E-state index contributed by atoms with van der Waals surface area (Å²) in [6, 6.07) is 0. The SMILES string of the molecule is CCC1OC(n2cnc(C(C)=O)n2)C(O)C1O. The Kier molecular flexibility index (Phi) is 3.23. The summed E-state index contributed by atoms with van der Waals surface area (Å²) in [4.78, 5) is 14.8. The van der Waals surface area contributed by atoms with Gasteiger partial charge in [0.05, 0.1) is 6.10 Å². The molecule has 2 rings (SSSR count). The minimum Gasteiger partial charge on any atom is -0.388 e. The van der Waals surface area contributed by atoms with E-state index in [1.807, 2.05) is 6.92 Å². The van der Waals surface area contributed by atoms with Crippen molar-refractivity contribution in [2.75, 3.05) is 0 Å². The lowest BCUT2D eigenvalue weighted by atomic mass is 10.1. The number of rotatable bonds is 3. The van der Waals surface area contributed by atoms with Crippen molar-refractivity contribution >= 4 is 5.78 Å². The first-order valence-corrected chi connectivity index (χ1v) is 5.48. The molecule has 1 fully saturated rings. The second-order valence-electron chi connectivity index (χ2n) is 4.06. The highest BCUT2D eigenvalue weighted by Gasteiger charge is 2.43. The monoisotopic (exact) mass is 241 g/mol. The maximum Gasteiger partial charge on any atom is 0.217 e. The molecule has 0 amide bonds. The molecule has 1 aromatic heterocycles. The molecule has 1 aromatic rings. The largest absolute Gasteiger partial charge is 0.388 e. The van der Waals surface area contributed by atoms with Crippen molar-refractivity contribution in [1.82, 2.24) is 14.8 Å². The van der Waals surface area contributed by atoms with E-state index in [1.54, 1.807) is 0 Å². The highest BCUT2D eigenvalue weighted by atomic mass is 16.6. The van der Waals surface area contributed by atoms with Crippen LogP contribution in [-0.2, 0) is 4.74 Å². The van der Waals surface area contributed by atoms with Gasteiger partial charge < -0.3 is 14.9 Å². The highest BCUT2D eigenvalue weighted by Crippen LogP contribution is 2.30. The number of aliphatic hydroxyl groups is 2. The molecule has 4 unspecified atom stereocenters. The van der Waals surface area contributed by atoms with Gasteiger partial charge in [0.1, 0.15) is 18.5 Å². The third-order valence-corrected chi connectivity index (χ3v) is 2.82. The first-order chi connectivity index (χ1) is 8.04. The summed E-state index contributed by atoms with van der Waals surface area (Å²) in [5, 5.41) is 23.4. The van der Waals surface area contributed by atoms with E-state index in [9.17, 15) is 15.0 Å². The van der Waals surface area contributed by atoms with Crippen LogP contribution in [0.4, 0.5) is 0 Å². The highest BCUT2D eigenvalue weighted by molar-refractivity contribution is 5.89. The van der Waals surface area contributed by atoms with E-state index in [2.05, 4.69) is 10.1 Å². The van der Waals surface area contributed by atoms with Gasteiger partial charge in [0.15, 0.2) is 12.0 Å². The Morgan fingerprint density at radius 2 is 2.24 bits per heavy atom. The van der Waals surface area contributed by atoms with Crippen molar-refractivity contribution in [2.24, 2.45) is 0 Å². The van der Waals surface area contributed by atoms with E-state index in [0.29, 0.717) is 6.42 Å². The number of carbonyl (C=O) groups excluding carboxylic acids is 1. The summed E-state index contributed by atoms with van der Waals surface area (Å²) in [7, 11) is 0. The number of nitrogens with zero attached hydrogens (tertiary/aromatic N) is 3. The van der Waals surface area contributed by atoms with Crippen LogP contribution in [0.15, 0.2) is 6.33 Å². The van der Waals surface area contributed by atoms with Gasteiger partial charge in [-0.1, -0.05) is 6.92 Å². The zero-order chi connectivity index (χ0) is 12.6. The standard InChI is InChI=1S/C10H15N3O4/c1-3-6-7(15)8(16)10(17-6)13-4-11-9(12-13)5(2)14/h4,6-8,10,15-16H,3H2,1-2H3. The van der Waals surface area contributed by atoms with Gasteiger partial charge in [-0.15, -0.1) is 5.10 Å². The molecule has 94 valence electrons. The molecule has 0 aliphatic carbocycles. The molecule has 17 heavy (non-hydrogen) atoms. The lowest BCUT2D eigenvalue weighted by molar-refractivity contribution is -0.0451. The fraction of sp³-hybridized carbons (Fsp3) is 0.700. The van der Waals surface area contributed by atoms with Gasteiger partial charge in [-0.3, -0.25) is 4.79 Å².